The van der Waals surface area contributed by atoms with E-state index in [1.807, 2.05) is 11.8 Å². The third-order valence-electron chi connectivity index (χ3n) is 4.59. The van der Waals surface area contributed by atoms with Crippen LogP contribution in [0.2, 0.25) is 0 Å². The maximum atomic E-state index is 3.74. The minimum absolute atomic E-state index is 0. The summed E-state index contributed by atoms with van der Waals surface area (Å²) in [6.45, 7) is 1.16. The van der Waals surface area contributed by atoms with E-state index < -0.39 is 0 Å². The summed E-state index contributed by atoms with van der Waals surface area (Å²) >= 11 is 1.99. The smallest absolute Gasteiger partial charge is 0.0150 e. The molecule has 1 N–H and O–H groups in total. The van der Waals surface area contributed by atoms with Crippen LogP contribution in [0.5, 0.6) is 0 Å². The third-order valence-corrected chi connectivity index (χ3v) is 5.75. The van der Waals surface area contributed by atoms with Gasteiger partial charge in [-0.15, -0.1) is 24.2 Å². The van der Waals surface area contributed by atoms with Crippen LogP contribution < -0.4 is 5.32 Å². The maximum absolute atomic E-state index is 3.74. The molecule has 1 aliphatic carbocycles. The SMILES string of the molecule is Cl.c1ccc(-c2ccccc2SCCCNC2CCCCC2)cc1. The molecule has 0 heterocycles. The van der Waals surface area contributed by atoms with Gasteiger partial charge < -0.3 is 5.32 Å². The molecule has 3 rings (SSSR count). The number of nitrogens with one attached hydrogen (secondary N) is 1. The van der Waals surface area contributed by atoms with E-state index in [0.29, 0.717) is 0 Å². The van der Waals surface area contributed by atoms with E-state index in [-0.39, 0.29) is 12.4 Å². The van der Waals surface area contributed by atoms with Crippen molar-refractivity contribution >= 4 is 24.2 Å². The molecule has 0 aliphatic heterocycles. The molecule has 3 heteroatoms. The van der Waals surface area contributed by atoms with E-state index in [4.69, 9.17) is 0 Å². The molecular weight excluding hydrogens is 334 g/mol. The summed E-state index contributed by atoms with van der Waals surface area (Å²) < 4.78 is 0. The van der Waals surface area contributed by atoms with E-state index in [2.05, 4.69) is 59.9 Å². The molecule has 0 atom stereocenters. The molecule has 0 saturated heterocycles. The Morgan fingerprint density at radius 1 is 0.875 bits per heavy atom. The molecule has 1 saturated carbocycles. The highest BCUT2D eigenvalue weighted by molar-refractivity contribution is 7.99. The molecule has 0 aromatic heterocycles. The van der Waals surface area contributed by atoms with Crippen molar-refractivity contribution in [2.45, 2.75) is 49.5 Å². The highest BCUT2D eigenvalue weighted by Crippen LogP contribution is 2.31. The largest absolute Gasteiger partial charge is 0.314 e. The molecule has 1 fully saturated rings. The van der Waals surface area contributed by atoms with Crippen LogP contribution in [0.3, 0.4) is 0 Å². The van der Waals surface area contributed by atoms with Crippen LogP contribution >= 0.6 is 24.2 Å². The van der Waals surface area contributed by atoms with E-state index in [9.17, 15) is 0 Å². The Bertz CT molecular complexity index is 581. The second-order valence-corrected chi connectivity index (χ2v) is 7.49. The Hall–Kier alpha value is -0.960. The summed E-state index contributed by atoms with van der Waals surface area (Å²) in [5.74, 6) is 1.18. The fourth-order valence-electron chi connectivity index (χ4n) is 3.32. The van der Waals surface area contributed by atoms with Gasteiger partial charge in [0, 0.05) is 10.9 Å². The Labute approximate surface area is 157 Å². The van der Waals surface area contributed by atoms with Crippen LogP contribution in [0.25, 0.3) is 11.1 Å². The number of thioether (sulfide) groups is 1. The standard InChI is InChI=1S/C21H27NS.ClH/c1-3-10-18(11-4-1)20-14-7-8-15-21(20)23-17-9-16-22-19-12-5-2-6-13-19;/h1,3-4,7-8,10-11,14-15,19,22H,2,5-6,9,12-13,16-17H2;1H. The maximum Gasteiger partial charge on any atom is 0.0150 e. The van der Waals surface area contributed by atoms with Crippen LogP contribution in [0.15, 0.2) is 59.5 Å². The second kappa shape index (κ2) is 10.8. The van der Waals surface area contributed by atoms with Gasteiger partial charge in [-0.05, 0) is 48.8 Å². The van der Waals surface area contributed by atoms with Crippen molar-refractivity contribution in [2.24, 2.45) is 0 Å². The van der Waals surface area contributed by atoms with Crippen molar-refractivity contribution in [3.05, 3.63) is 54.6 Å². The molecule has 2 aromatic rings. The van der Waals surface area contributed by atoms with Gasteiger partial charge in [-0.1, -0.05) is 67.8 Å². The fraction of sp³-hybridized carbons (Fsp3) is 0.429. The first-order chi connectivity index (χ1) is 11.4. The minimum atomic E-state index is 0. The first-order valence-electron chi connectivity index (χ1n) is 8.94. The van der Waals surface area contributed by atoms with E-state index >= 15 is 0 Å². The summed E-state index contributed by atoms with van der Waals surface area (Å²) in [4.78, 5) is 1.40. The third kappa shape index (κ3) is 5.84. The van der Waals surface area contributed by atoms with Crippen molar-refractivity contribution in [1.82, 2.24) is 5.32 Å². The lowest BCUT2D eigenvalue weighted by Gasteiger charge is -2.22. The van der Waals surface area contributed by atoms with Crippen LogP contribution in [-0.4, -0.2) is 18.3 Å². The molecule has 0 bridgehead atoms. The topological polar surface area (TPSA) is 12.0 Å². The second-order valence-electron chi connectivity index (χ2n) is 6.35. The normalized spacial score (nSPS) is 15.0. The highest BCUT2D eigenvalue weighted by atomic mass is 35.5. The quantitative estimate of drug-likeness (QED) is 0.466. The molecule has 0 unspecified atom stereocenters. The Kier molecular flexibility index (Phi) is 8.72. The van der Waals surface area contributed by atoms with Gasteiger partial charge in [0.1, 0.15) is 0 Å². The van der Waals surface area contributed by atoms with Crippen molar-refractivity contribution in [1.29, 1.82) is 0 Å². The molecule has 1 nitrogen and oxygen atoms in total. The molecule has 0 amide bonds. The zero-order valence-corrected chi connectivity index (χ0v) is 15.9. The predicted octanol–water partition coefficient (Wildman–Crippen LogP) is 6.18. The summed E-state index contributed by atoms with van der Waals surface area (Å²) in [6, 6.07) is 20.3. The van der Waals surface area contributed by atoms with Gasteiger partial charge in [-0.25, -0.2) is 0 Å². The predicted molar refractivity (Wildman–Crippen MR) is 109 cm³/mol. The van der Waals surface area contributed by atoms with Gasteiger partial charge in [0.15, 0.2) is 0 Å². The molecule has 2 aromatic carbocycles. The van der Waals surface area contributed by atoms with Crippen LogP contribution in [0.4, 0.5) is 0 Å². The van der Waals surface area contributed by atoms with Crippen molar-refractivity contribution in [3.63, 3.8) is 0 Å². The lowest BCUT2D eigenvalue weighted by molar-refractivity contribution is 0.375. The number of benzene rings is 2. The first-order valence-corrected chi connectivity index (χ1v) is 9.93. The molecule has 0 spiro atoms. The average Bonchev–Trinajstić information content (AvgIpc) is 2.63. The molecule has 24 heavy (non-hydrogen) atoms. The molecule has 1 aliphatic rings. The van der Waals surface area contributed by atoms with Gasteiger partial charge in [0.25, 0.3) is 0 Å². The van der Waals surface area contributed by atoms with Gasteiger partial charge in [-0.2, -0.15) is 0 Å². The highest BCUT2D eigenvalue weighted by Gasteiger charge is 2.11. The molecular formula is C21H28ClNS. The van der Waals surface area contributed by atoms with Crippen molar-refractivity contribution < 1.29 is 0 Å². The fourth-order valence-corrected chi connectivity index (χ4v) is 4.34. The molecule has 0 radical (unpaired) electrons. The van der Waals surface area contributed by atoms with Gasteiger partial charge in [0.05, 0.1) is 0 Å². The average molecular weight is 362 g/mol. The number of halogens is 1. The minimum Gasteiger partial charge on any atom is -0.314 e. The van der Waals surface area contributed by atoms with Gasteiger partial charge >= 0.3 is 0 Å². The Morgan fingerprint density at radius 2 is 1.58 bits per heavy atom. The summed E-state index contributed by atoms with van der Waals surface area (Å²) in [7, 11) is 0. The number of rotatable bonds is 7. The van der Waals surface area contributed by atoms with Crippen molar-refractivity contribution in [3.8, 4) is 11.1 Å². The van der Waals surface area contributed by atoms with Crippen LogP contribution in [0.1, 0.15) is 38.5 Å². The Balaban J connectivity index is 0.00000208. The van der Waals surface area contributed by atoms with Gasteiger partial charge in [0.2, 0.25) is 0 Å². The zero-order valence-electron chi connectivity index (χ0n) is 14.2. The summed E-state index contributed by atoms with van der Waals surface area (Å²) in [5, 5.41) is 3.74. The van der Waals surface area contributed by atoms with E-state index in [0.717, 1.165) is 12.6 Å². The zero-order chi connectivity index (χ0) is 15.7. The summed E-state index contributed by atoms with van der Waals surface area (Å²) in [5.41, 5.74) is 2.68. The lowest BCUT2D eigenvalue weighted by atomic mass is 9.95. The number of hydrogen-bond acceptors (Lipinski definition) is 2. The van der Waals surface area contributed by atoms with Crippen LogP contribution in [-0.2, 0) is 0 Å². The molecule has 130 valence electrons. The Morgan fingerprint density at radius 3 is 2.38 bits per heavy atom. The first kappa shape index (κ1) is 19.4. The monoisotopic (exact) mass is 361 g/mol. The summed E-state index contributed by atoms with van der Waals surface area (Å²) in [6.07, 6.45) is 8.26. The lowest BCUT2D eigenvalue weighted by Crippen LogP contribution is -2.31. The van der Waals surface area contributed by atoms with Crippen LogP contribution in [0, 0.1) is 0 Å². The number of hydrogen-bond donors (Lipinski definition) is 1. The van der Waals surface area contributed by atoms with Crippen molar-refractivity contribution in [2.75, 3.05) is 12.3 Å². The van der Waals surface area contributed by atoms with E-state index in [1.54, 1.807) is 0 Å². The van der Waals surface area contributed by atoms with E-state index in [1.165, 1.54) is 60.3 Å². The van der Waals surface area contributed by atoms with Gasteiger partial charge in [-0.3, -0.25) is 0 Å².